The van der Waals surface area contributed by atoms with Crippen LogP contribution in [0.2, 0.25) is 0 Å². The highest BCUT2D eigenvalue weighted by atomic mass is 16.5. The molecular formula is C13H24O3. The minimum Gasteiger partial charge on any atom is -0.396 e. The Labute approximate surface area is 98.8 Å². The lowest BCUT2D eigenvalue weighted by Crippen LogP contribution is -2.37. The smallest absolute Gasteiger partial charge is 0.0805 e. The molecule has 0 spiro atoms. The van der Waals surface area contributed by atoms with Crippen molar-refractivity contribution in [2.24, 2.45) is 11.8 Å². The van der Waals surface area contributed by atoms with Crippen LogP contribution in [0.3, 0.4) is 0 Å². The predicted octanol–water partition coefficient (Wildman–Crippen LogP) is 2.02. The third-order valence-electron chi connectivity index (χ3n) is 2.87. The quantitative estimate of drug-likeness (QED) is 0.646. The molecule has 0 aromatic carbocycles. The largest absolute Gasteiger partial charge is 0.396 e. The van der Waals surface area contributed by atoms with Crippen molar-refractivity contribution in [1.82, 2.24) is 0 Å². The molecule has 0 aromatic heterocycles. The van der Waals surface area contributed by atoms with Gasteiger partial charge in [0.2, 0.25) is 0 Å². The van der Waals surface area contributed by atoms with E-state index in [1.54, 1.807) is 20.3 Å². The molecule has 0 saturated carbocycles. The number of hydrogen-bond donors (Lipinski definition) is 1. The van der Waals surface area contributed by atoms with E-state index in [0.717, 1.165) is 0 Å². The number of methoxy groups -OCH3 is 2. The number of aliphatic hydroxyl groups is 1. The Bertz CT molecular complexity index is 213. The number of allylic oxidation sites excluding steroid dienone is 2. The van der Waals surface area contributed by atoms with Crippen molar-refractivity contribution in [3.63, 3.8) is 0 Å². The Morgan fingerprint density at radius 2 is 1.88 bits per heavy atom. The van der Waals surface area contributed by atoms with E-state index in [9.17, 15) is 0 Å². The van der Waals surface area contributed by atoms with Gasteiger partial charge in [-0.05, 0) is 0 Å². The Morgan fingerprint density at radius 3 is 2.25 bits per heavy atom. The van der Waals surface area contributed by atoms with Gasteiger partial charge in [-0.15, -0.1) is 0 Å². The summed E-state index contributed by atoms with van der Waals surface area (Å²) in [5.41, 5.74) is 0. The minimum absolute atomic E-state index is 0.0237. The third-order valence-corrected chi connectivity index (χ3v) is 2.87. The fraction of sp³-hybridized carbons (Fsp3) is 0.692. The summed E-state index contributed by atoms with van der Waals surface area (Å²) in [7, 11) is 3.34. The Morgan fingerprint density at radius 1 is 1.25 bits per heavy atom. The molecule has 0 unspecified atom stereocenters. The number of aliphatic hydroxyl groups excluding tert-OH is 1. The molecule has 4 atom stereocenters. The van der Waals surface area contributed by atoms with E-state index in [1.807, 2.05) is 19.1 Å². The van der Waals surface area contributed by atoms with Gasteiger partial charge in [0, 0.05) is 32.7 Å². The zero-order chi connectivity index (χ0) is 12.6. The maximum Gasteiger partial charge on any atom is 0.0805 e. The van der Waals surface area contributed by atoms with Crippen LogP contribution in [0.25, 0.3) is 0 Å². The fourth-order valence-electron chi connectivity index (χ4n) is 1.91. The van der Waals surface area contributed by atoms with Crippen molar-refractivity contribution in [2.45, 2.75) is 26.1 Å². The van der Waals surface area contributed by atoms with Crippen molar-refractivity contribution < 1.29 is 14.6 Å². The third kappa shape index (κ3) is 4.47. The lowest BCUT2D eigenvalue weighted by molar-refractivity contribution is -0.0437. The number of ether oxygens (including phenoxy) is 2. The summed E-state index contributed by atoms with van der Waals surface area (Å²) < 4.78 is 10.8. The van der Waals surface area contributed by atoms with Gasteiger partial charge in [-0.1, -0.05) is 38.7 Å². The van der Waals surface area contributed by atoms with Gasteiger partial charge >= 0.3 is 0 Å². The molecule has 0 rings (SSSR count). The molecule has 0 aliphatic heterocycles. The first kappa shape index (κ1) is 15.4. The summed E-state index contributed by atoms with van der Waals surface area (Å²) >= 11 is 0. The van der Waals surface area contributed by atoms with Crippen molar-refractivity contribution in [1.29, 1.82) is 0 Å². The molecular weight excluding hydrogens is 204 g/mol. The molecule has 0 aliphatic rings. The average molecular weight is 228 g/mol. The summed E-state index contributed by atoms with van der Waals surface area (Å²) in [5, 5.41) is 9.16. The molecule has 0 aliphatic carbocycles. The van der Waals surface area contributed by atoms with Gasteiger partial charge in [-0.25, -0.2) is 0 Å². The van der Waals surface area contributed by atoms with Crippen LogP contribution in [0, 0.1) is 11.8 Å². The van der Waals surface area contributed by atoms with E-state index in [4.69, 9.17) is 14.6 Å². The van der Waals surface area contributed by atoms with Gasteiger partial charge in [0.25, 0.3) is 0 Å². The monoisotopic (exact) mass is 228 g/mol. The van der Waals surface area contributed by atoms with E-state index < -0.39 is 0 Å². The molecule has 0 saturated heterocycles. The standard InChI is InChI=1S/C13H24O3/c1-6-7-8-12(15-4)11(3)13(16-5)10(2)9-14/h6-8,10-14H,1,9H2,2-5H3/b8-7+/t10-,11-,12-,13-/m0/s1. The van der Waals surface area contributed by atoms with Crippen molar-refractivity contribution in [3.8, 4) is 0 Å². The molecule has 1 N–H and O–H groups in total. The summed E-state index contributed by atoms with van der Waals surface area (Å²) in [4.78, 5) is 0. The van der Waals surface area contributed by atoms with Crippen LogP contribution < -0.4 is 0 Å². The molecule has 3 heteroatoms. The lowest BCUT2D eigenvalue weighted by atomic mass is 9.89. The Hall–Kier alpha value is -0.640. The first-order valence-electron chi connectivity index (χ1n) is 5.58. The maximum absolute atomic E-state index is 9.16. The van der Waals surface area contributed by atoms with E-state index in [1.165, 1.54) is 0 Å². The van der Waals surface area contributed by atoms with Crippen LogP contribution in [-0.4, -0.2) is 38.1 Å². The van der Waals surface area contributed by atoms with Gasteiger partial charge in [0.1, 0.15) is 0 Å². The molecule has 94 valence electrons. The molecule has 16 heavy (non-hydrogen) atoms. The molecule has 0 aromatic rings. The van der Waals surface area contributed by atoms with Gasteiger partial charge < -0.3 is 14.6 Å². The summed E-state index contributed by atoms with van der Waals surface area (Å²) in [6, 6.07) is 0. The SMILES string of the molecule is C=C/C=C/[C@H](OC)[C@H](C)[C@@H](OC)[C@@H](C)CO. The summed E-state index contributed by atoms with van der Waals surface area (Å²) in [6.07, 6.45) is 5.48. The van der Waals surface area contributed by atoms with E-state index >= 15 is 0 Å². The van der Waals surface area contributed by atoms with E-state index in [0.29, 0.717) is 0 Å². The molecule has 3 nitrogen and oxygen atoms in total. The fourth-order valence-corrected chi connectivity index (χ4v) is 1.91. The minimum atomic E-state index is -0.0306. The number of hydrogen-bond acceptors (Lipinski definition) is 3. The average Bonchev–Trinajstić information content (AvgIpc) is 2.30. The molecule has 0 heterocycles. The first-order chi connectivity index (χ1) is 7.62. The number of rotatable bonds is 8. The van der Waals surface area contributed by atoms with Crippen LogP contribution in [0.5, 0.6) is 0 Å². The Balaban J connectivity index is 4.61. The van der Waals surface area contributed by atoms with Gasteiger partial charge in [0.15, 0.2) is 0 Å². The second-order valence-electron chi connectivity index (χ2n) is 4.04. The van der Waals surface area contributed by atoms with Crippen molar-refractivity contribution in [3.05, 3.63) is 24.8 Å². The topological polar surface area (TPSA) is 38.7 Å². The van der Waals surface area contributed by atoms with Crippen molar-refractivity contribution >= 4 is 0 Å². The van der Waals surface area contributed by atoms with Gasteiger partial charge in [-0.3, -0.25) is 0 Å². The van der Waals surface area contributed by atoms with Gasteiger partial charge in [0.05, 0.1) is 12.2 Å². The molecule has 0 bridgehead atoms. The van der Waals surface area contributed by atoms with Crippen LogP contribution in [0.1, 0.15) is 13.8 Å². The second-order valence-corrected chi connectivity index (χ2v) is 4.04. The van der Waals surface area contributed by atoms with Crippen LogP contribution in [0.15, 0.2) is 24.8 Å². The summed E-state index contributed by atoms with van der Waals surface area (Å²) in [6.45, 7) is 7.77. The highest BCUT2D eigenvalue weighted by Crippen LogP contribution is 2.21. The van der Waals surface area contributed by atoms with Crippen LogP contribution in [0.4, 0.5) is 0 Å². The van der Waals surface area contributed by atoms with Gasteiger partial charge in [-0.2, -0.15) is 0 Å². The highest BCUT2D eigenvalue weighted by molar-refractivity contribution is 5.03. The lowest BCUT2D eigenvalue weighted by Gasteiger charge is -2.31. The van der Waals surface area contributed by atoms with E-state index in [2.05, 4.69) is 13.5 Å². The first-order valence-corrected chi connectivity index (χ1v) is 5.58. The van der Waals surface area contributed by atoms with Crippen LogP contribution >= 0.6 is 0 Å². The molecule has 0 amide bonds. The zero-order valence-corrected chi connectivity index (χ0v) is 10.7. The normalized spacial score (nSPS) is 19.3. The predicted molar refractivity (Wildman–Crippen MR) is 66.3 cm³/mol. The molecule has 0 fully saturated rings. The zero-order valence-electron chi connectivity index (χ0n) is 10.7. The molecule has 0 radical (unpaired) electrons. The Kier molecular flexibility index (Phi) is 8.16. The highest BCUT2D eigenvalue weighted by Gasteiger charge is 2.28. The summed E-state index contributed by atoms with van der Waals surface area (Å²) in [5.74, 6) is 0.267. The maximum atomic E-state index is 9.16. The van der Waals surface area contributed by atoms with E-state index in [-0.39, 0.29) is 30.7 Å². The van der Waals surface area contributed by atoms with Crippen LogP contribution in [-0.2, 0) is 9.47 Å². The second kappa shape index (κ2) is 8.50. The van der Waals surface area contributed by atoms with Crippen molar-refractivity contribution in [2.75, 3.05) is 20.8 Å².